The average Bonchev–Trinajstić information content (AvgIpc) is 2.81. The van der Waals surface area contributed by atoms with Gasteiger partial charge >= 0.3 is 6.09 Å². The molecule has 31 heavy (non-hydrogen) atoms. The minimum atomic E-state index is -0.946. The van der Waals surface area contributed by atoms with E-state index < -0.39 is 12.2 Å². The van der Waals surface area contributed by atoms with Crippen LogP contribution in [-0.2, 0) is 18.0 Å². The number of ether oxygens (including phenoxy) is 3. The largest absolute Gasteiger partial charge is 0.496 e. The SMILES string of the molecule is COc1cc(C(O)CNC(=O)OCc2ccccc2)cc(OCc2ccccc2)c1C. The smallest absolute Gasteiger partial charge is 0.407 e. The van der Waals surface area contributed by atoms with E-state index in [9.17, 15) is 9.90 Å². The van der Waals surface area contributed by atoms with Gasteiger partial charge in [-0.15, -0.1) is 0 Å². The summed E-state index contributed by atoms with van der Waals surface area (Å²) in [6.07, 6.45) is -1.54. The number of methoxy groups -OCH3 is 1. The summed E-state index contributed by atoms with van der Waals surface area (Å²) < 4.78 is 16.6. The van der Waals surface area contributed by atoms with Gasteiger partial charge in [-0.2, -0.15) is 0 Å². The first-order valence-corrected chi connectivity index (χ1v) is 10.0. The number of nitrogens with one attached hydrogen (secondary N) is 1. The summed E-state index contributed by atoms with van der Waals surface area (Å²) in [4.78, 5) is 12.0. The van der Waals surface area contributed by atoms with E-state index >= 15 is 0 Å². The molecule has 0 aliphatic heterocycles. The van der Waals surface area contributed by atoms with Crippen molar-refractivity contribution in [2.45, 2.75) is 26.2 Å². The van der Waals surface area contributed by atoms with Gasteiger partial charge in [0.2, 0.25) is 0 Å². The van der Waals surface area contributed by atoms with Crippen LogP contribution < -0.4 is 14.8 Å². The highest BCUT2D eigenvalue weighted by atomic mass is 16.5. The van der Waals surface area contributed by atoms with Crippen molar-refractivity contribution in [2.24, 2.45) is 0 Å². The number of aliphatic hydroxyl groups is 1. The second kappa shape index (κ2) is 11.0. The van der Waals surface area contributed by atoms with Crippen LogP contribution >= 0.6 is 0 Å². The third-order valence-electron chi connectivity index (χ3n) is 4.83. The molecule has 6 nitrogen and oxygen atoms in total. The Morgan fingerprint density at radius 2 is 1.52 bits per heavy atom. The van der Waals surface area contributed by atoms with Crippen LogP contribution in [-0.4, -0.2) is 24.9 Å². The van der Waals surface area contributed by atoms with Gasteiger partial charge < -0.3 is 24.6 Å². The number of benzene rings is 3. The van der Waals surface area contributed by atoms with Gasteiger partial charge in [0.15, 0.2) is 0 Å². The Balaban J connectivity index is 1.60. The number of rotatable bonds is 9. The summed E-state index contributed by atoms with van der Waals surface area (Å²) in [5.41, 5.74) is 3.34. The first-order chi connectivity index (χ1) is 15.1. The van der Waals surface area contributed by atoms with Crippen LogP contribution in [0, 0.1) is 6.92 Å². The van der Waals surface area contributed by atoms with Crippen LogP contribution in [0.25, 0.3) is 0 Å². The van der Waals surface area contributed by atoms with Crippen LogP contribution in [0.3, 0.4) is 0 Å². The summed E-state index contributed by atoms with van der Waals surface area (Å²) in [6, 6.07) is 22.7. The summed E-state index contributed by atoms with van der Waals surface area (Å²) >= 11 is 0. The number of hydrogen-bond donors (Lipinski definition) is 2. The van der Waals surface area contributed by atoms with E-state index in [4.69, 9.17) is 14.2 Å². The van der Waals surface area contributed by atoms with Crippen molar-refractivity contribution in [1.82, 2.24) is 5.32 Å². The monoisotopic (exact) mass is 421 g/mol. The molecule has 0 aliphatic carbocycles. The average molecular weight is 421 g/mol. The molecule has 0 aromatic heterocycles. The number of carbonyl (C=O) groups excluding carboxylic acids is 1. The lowest BCUT2D eigenvalue weighted by Gasteiger charge is -2.18. The summed E-state index contributed by atoms with van der Waals surface area (Å²) in [5.74, 6) is 1.22. The van der Waals surface area contributed by atoms with Gasteiger partial charge in [-0.25, -0.2) is 4.79 Å². The molecule has 6 heteroatoms. The van der Waals surface area contributed by atoms with Gasteiger partial charge in [-0.3, -0.25) is 0 Å². The molecular formula is C25H27NO5. The molecule has 0 spiro atoms. The molecule has 1 atom stereocenters. The Bertz CT molecular complexity index is 976. The second-order valence-corrected chi connectivity index (χ2v) is 7.08. The van der Waals surface area contributed by atoms with Gasteiger partial charge in [0.25, 0.3) is 0 Å². The molecule has 2 N–H and O–H groups in total. The predicted molar refractivity (Wildman–Crippen MR) is 118 cm³/mol. The van der Waals surface area contributed by atoms with Gasteiger partial charge in [0.1, 0.15) is 24.7 Å². The van der Waals surface area contributed by atoms with Crippen LogP contribution in [0.2, 0.25) is 0 Å². The minimum Gasteiger partial charge on any atom is -0.496 e. The number of amides is 1. The zero-order valence-electron chi connectivity index (χ0n) is 17.7. The van der Waals surface area contributed by atoms with Crippen molar-refractivity contribution >= 4 is 6.09 Å². The van der Waals surface area contributed by atoms with E-state index in [1.807, 2.05) is 67.6 Å². The summed E-state index contributed by atoms with van der Waals surface area (Å²) in [7, 11) is 1.57. The van der Waals surface area contributed by atoms with Crippen molar-refractivity contribution in [1.29, 1.82) is 0 Å². The van der Waals surface area contributed by atoms with E-state index in [1.54, 1.807) is 19.2 Å². The third-order valence-corrected chi connectivity index (χ3v) is 4.83. The van der Waals surface area contributed by atoms with E-state index in [0.717, 1.165) is 16.7 Å². The van der Waals surface area contributed by atoms with Crippen LogP contribution in [0.1, 0.15) is 28.4 Å². The van der Waals surface area contributed by atoms with Crippen LogP contribution in [0.4, 0.5) is 4.79 Å². The zero-order chi connectivity index (χ0) is 22.1. The Hall–Kier alpha value is -3.51. The van der Waals surface area contributed by atoms with Crippen LogP contribution in [0.15, 0.2) is 72.8 Å². The molecule has 0 saturated heterocycles. The highest BCUT2D eigenvalue weighted by Gasteiger charge is 2.16. The van der Waals surface area contributed by atoms with E-state index in [-0.39, 0.29) is 13.2 Å². The van der Waals surface area contributed by atoms with Crippen molar-refractivity contribution in [3.8, 4) is 11.5 Å². The molecule has 0 heterocycles. The molecule has 3 aromatic carbocycles. The Labute approximate surface area is 182 Å². The fourth-order valence-electron chi connectivity index (χ4n) is 3.04. The minimum absolute atomic E-state index is 0.00202. The Morgan fingerprint density at radius 1 is 0.935 bits per heavy atom. The molecule has 3 rings (SSSR count). The lowest BCUT2D eigenvalue weighted by Crippen LogP contribution is -2.29. The second-order valence-electron chi connectivity index (χ2n) is 7.08. The van der Waals surface area contributed by atoms with Gasteiger partial charge in [-0.1, -0.05) is 60.7 Å². The summed E-state index contributed by atoms with van der Waals surface area (Å²) in [5, 5.41) is 13.2. The highest BCUT2D eigenvalue weighted by molar-refractivity contribution is 5.67. The highest BCUT2D eigenvalue weighted by Crippen LogP contribution is 2.32. The molecule has 0 radical (unpaired) electrons. The van der Waals surface area contributed by atoms with Crippen molar-refractivity contribution < 1.29 is 24.1 Å². The topological polar surface area (TPSA) is 77.0 Å². The molecule has 1 amide bonds. The normalized spacial score (nSPS) is 11.5. The van der Waals surface area contributed by atoms with Gasteiger partial charge in [0.05, 0.1) is 19.8 Å². The number of carbonyl (C=O) groups is 1. The fourth-order valence-corrected chi connectivity index (χ4v) is 3.04. The lowest BCUT2D eigenvalue weighted by atomic mass is 10.0. The van der Waals surface area contributed by atoms with Gasteiger partial charge in [0, 0.05) is 5.56 Å². The van der Waals surface area contributed by atoms with E-state index in [0.29, 0.717) is 23.7 Å². The first kappa shape index (κ1) is 22.2. The molecule has 3 aromatic rings. The molecule has 0 saturated carbocycles. The van der Waals surface area contributed by atoms with Crippen LogP contribution in [0.5, 0.6) is 11.5 Å². The Morgan fingerprint density at radius 3 is 2.13 bits per heavy atom. The quantitative estimate of drug-likeness (QED) is 0.530. The maximum absolute atomic E-state index is 12.0. The number of aliphatic hydroxyl groups excluding tert-OH is 1. The molecule has 0 bridgehead atoms. The summed E-state index contributed by atoms with van der Waals surface area (Å²) in [6.45, 7) is 2.46. The lowest BCUT2D eigenvalue weighted by molar-refractivity contribution is 0.125. The molecule has 162 valence electrons. The maximum atomic E-state index is 12.0. The standard InChI is InChI=1S/C25H27NO5/c1-18-23(29-2)13-21(14-24(18)30-16-19-9-5-3-6-10-19)22(27)15-26-25(28)31-17-20-11-7-4-8-12-20/h3-14,22,27H,15-17H2,1-2H3,(H,26,28). The van der Waals surface area contributed by atoms with Crippen molar-refractivity contribution in [3.05, 3.63) is 95.1 Å². The predicted octanol–water partition coefficient (Wildman–Crippen LogP) is 4.54. The van der Waals surface area contributed by atoms with Gasteiger partial charge in [-0.05, 0) is 35.7 Å². The van der Waals surface area contributed by atoms with Crippen molar-refractivity contribution in [2.75, 3.05) is 13.7 Å². The number of hydrogen-bond acceptors (Lipinski definition) is 5. The maximum Gasteiger partial charge on any atom is 0.407 e. The Kier molecular flexibility index (Phi) is 7.90. The molecule has 1 unspecified atom stereocenters. The molecule has 0 aliphatic rings. The number of alkyl carbamates (subject to hydrolysis) is 1. The fraction of sp³-hybridized carbons (Fsp3) is 0.240. The molecular weight excluding hydrogens is 394 g/mol. The first-order valence-electron chi connectivity index (χ1n) is 10.0. The zero-order valence-corrected chi connectivity index (χ0v) is 17.7. The molecule has 0 fully saturated rings. The van der Waals surface area contributed by atoms with E-state index in [2.05, 4.69) is 5.32 Å². The third kappa shape index (κ3) is 6.49. The van der Waals surface area contributed by atoms with E-state index in [1.165, 1.54) is 0 Å². The van der Waals surface area contributed by atoms with Crippen molar-refractivity contribution in [3.63, 3.8) is 0 Å².